The Labute approximate surface area is 632 Å². The number of carboxylic acids is 3. The summed E-state index contributed by atoms with van der Waals surface area (Å²) in [7, 11) is -9.73. The van der Waals surface area contributed by atoms with E-state index in [9.17, 15) is 56.2 Å². The number of hydrogen-bond donors (Lipinski definition) is 5. The van der Waals surface area contributed by atoms with Crippen LogP contribution in [0.1, 0.15) is 119 Å². The number of unbranched alkanes of at least 4 members (excludes halogenated alkanes) is 1. The van der Waals surface area contributed by atoms with Crippen LogP contribution < -0.4 is 59.1 Å². The van der Waals surface area contributed by atoms with Crippen LogP contribution in [0.15, 0.2) is 114 Å². The molecule has 36 heteroatoms. The normalized spacial score (nSPS) is 16.3. The summed E-state index contributed by atoms with van der Waals surface area (Å²) in [4.78, 5) is 93.2. The number of para-hydroxylation sites is 2. The Morgan fingerprint density at radius 2 is 1.14 bits per heavy atom. The van der Waals surface area contributed by atoms with Gasteiger partial charge in [-0.15, -0.1) is 0 Å². The molecule has 2 aliphatic rings. The molecule has 4 aromatic carbocycles. The molecule has 4 aromatic rings. The van der Waals surface area contributed by atoms with Gasteiger partial charge in [-0.25, -0.2) is 51.3 Å². The number of alkyl carbamates (subject to hydrolysis) is 1. The Morgan fingerprint density at radius 3 is 1.58 bits per heavy atom. The molecule has 2 aliphatic heterocycles. The minimum Gasteiger partial charge on any atom is -0.550 e. The number of carboxylic acid groups (broad SMARTS) is 3. The van der Waals surface area contributed by atoms with Gasteiger partial charge in [-0.2, -0.15) is 4.31 Å². The quantitative estimate of drug-likeness (QED) is 0.00769. The summed E-state index contributed by atoms with van der Waals surface area (Å²) in [6, 6.07) is 29.9. The molecule has 31 nitrogen and oxygen atoms in total. The molecular formula is C68H98BN3NaO28P2S. The van der Waals surface area contributed by atoms with Crippen LogP contribution >= 0.6 is 15.2 Å². The second kappa shape index (κ2) is 52.1. The molecule has 1 amide bonds. The zero-order chi connectivity index (χ0) is 76.4. The molecule has 0 spiro atoms. The summed E-state index contributed by atoms with van der Waals surface area (Å²) >= 11 is 0. The summed E-state index contributed by atoms with van der Waals surface area (Å²) in [6.45, 7) is 16.8. The Hall–Kier alpha value is -6.97. The van der Waals surface area contributed by atoms with Gasteiger partial charge in [-0.3, -0.25) is 18.6 Å². The van der Waals surface area contributed by atoms with E-state index in [1.54, 1.807) is 80.6 Å². The molecule has 0 bridgehead atoms. The summed E-state index contributed by atoms with van der Waals surface area (Å²) < 4.78 is 110. The van der Waals surface area contributed by atoms with Crippen molar-refractivity contribution in [3.63, 3.8) is 0 Å². The van der Waals surface area contributed by atoms with Crippen molar-refractivity contribution in [2.45, 2.75) is 162 Å². The molecule has 573 valence electrons. The van der Waals surface area contributed by atoms with E-state index in [-0.39, 0.29) is 126 Å². The van der Waals surface area contributed by atoms with Gasteiger partial charge in [0.15, 0.2) is 18.5 Å². The first-order valence-corrected chi connectivity index (χ1v) is 37.7. The van der Waals surface area contributed by atoms with E-state index in [2.05, 4.69) is 20.4 Å². The van der Waals surface area contributed by atoms with Gasteiger partial charge in [-0.05, 0) is 132 Å². The largest absolute Gasteiger partial charge is 1.00 e. The van der Waals surface area contributed by atoms with Crippen molar-refractivity contribution in [2.75, 3.05) is 65.5 Å². The molecule has 0 saturated carbocycles. The fraction of sp³-hybridized carbons (Fsp3) is 0.529. The van der Waals surface area contributed by atoms with Gasteiger partial charge in [0.05, 0.1) is 68.8 Å². The molecule has 2 fully saturated rings. The number of rotatable bonds is 36. The predicted molar refractivity (Wildman–Crippen MR) is 373 cm³/mol. The van der Waals surface area contributed by atoms with Crippen LogP contribution in [0.5, 0.6) is 17.2 Å². The third kappa shape index (κ3) is 40.5. The van der Waals surface area contributed by atoms with Crippen molar-refractivity contribution < 1.29 is 162 Å². The number of ether oxygens (including phenoxy) is 6. The Kier molecular flexibility index (Phi) is 48.6. The number of esters is 2. The number of nitrogens with zero attached hydrogens (tertiary/aromatic N) is 1. The third-order valence-electron chi connectivity index (χ3n) is 13.7. The maximum atomic E-state index is 13.9. The Morgan fingerprint density at radius 1 is 0.673 bits per heavy atom. The SMILES string of the molecule is CC(=O)OOC(C)=O.CC(=O)[O-].CCCP(=O)(Oc1ccccc1)O[C@@H](C)C(=O)OCC.CCOC(=O)[C@H](C)OP(=O)(CCNCc1ccc(C[C@H](NC(=O)O[C@H]2CO[C@H]3OCC[C@H]32)[C@H](O)CN(CC(C)C)S(=O)(=O)c2ccc(OC)cc2)cc1)Oc1ccccc1.O=C(O)CCCCC(=O)O.[B].[Na+]. The average Bonchev–Trinajstić information content (AvgIpc) is 1.41. The standard InChI is InChI=1S/C42H58N3O13PS.C14H21O5P.C6H10O4.C4H6O4.C2H4O2.B.Na/c1-6-53-40(47)30(4)57-59(49,58-34-10-8-7-9-11-34)23-21-43-25-32-14-12-31(13-15-32)24-37(44-42(48)56-39-28-55-41-36(39)20-22-54-41)38(46)27-45(26-29(2)3)60(50,51)35-18-16-33(52-5)17-19-35;1-4-11-20(16,18-12(3)14(15)17-5-2)19-13-9-7-6-8-10-13;7-5(8)3-1-2-4-6(9)10;1-3(5)7-8-4(2)6;1-2(3)4;;/h7-19,29-30,36-39,41,43,46H,6,20-28H2,1-5H3,(H,44,48);6-10,12H,4-5,11H2,1-3H3;1-4H2,(H,7,8)(H,9,10);1-2H3;1H3,(H,3,4);;/q;;;;;;+1/p-1/t30-,36-,37-,38+,39-,41+,59?;12-,20?;;;;;/m00...../s1. The summed E-state index contributed by atoms with van der Waals surface area (Å²) in [5.74, 6) is -4.15. The van der Waals surface area contributed by atoms with Gasteiger partial charge < -0.3 is 73.3 Å². The number of carbonyl (C=O) groups is 8. The minimum atomic E-state index is -4.05. The van der Waals surface area contributed by atoms with Gasteiger partial charge >= 0.3 is 86.7 Å². The first-order valence-electron chi connectivity index (χ1n) is 32.8. The molecule has 9 atom stereocenters. The van der Waals surface area contributed by atoms with Gasteiger partial charge in [0.25, 0.3) is 0 Å². The molecule has 3 radical (unpaired) electrons. The molecule has 5 N–H and O–H groups in total. The number of amides is 1. The molecule has 104 heavy (non-hydrogen) atoms. The summed E-state index contributed by atoms with van der Waals surface area (Å²) in [6.07, 6.45) is -2.39. The maximum absolute atomic E-state index is 13.9. The first-order chi connectivity index (χ1) is 48.2. The van der Waals surface area contributed by atoms with E-state index in [1.165, 1.54) is 37.4 Å². The zero-order valence-electron chi connectivity index (χ0n) is 60.9. The second-order valence-electron chi connectivity index (χ2n) is 23.0. The first kappa shape index (κ1) is 97.0. The van der Waals surface area contributed by atoms with Crippen LogP contribution in [-0.4, -0.2) is 187 Å². The smallest absolute Gasteiger partial charge is 0.550 e. The van der Waals surface area contributed by atoms with E-state index >= 15 is 0 Å². The molecule has 2 saturated heterocycles. The van der Waals surface area contributed by atoms with Crippen molar-refractivity contribution in [1.29, 1.82) is 0 Å². The van der Waals surface area contributed by atoms with E-state index in [1.807, 2.05) is 51.1 Å². The van der Waals surface area contributed by atoms with Crippen molar-refractivity contribution in [2.24, 2.45) is 11.8 Å². The monoisotopic (exact) mass is 1530 g/mol. The third-order valence-corrected chi connectivity index (χ3v) is 19.6. The summed E-state index contributed by atoms with van der Waals surface area (Å²) in [5, 5.41) is 43.0. The molecule has 6 rings (SSSR count). The Bertz CT molecular complexity index is 3370. The number of sulfonamides is 1. The fourth-order valence-corrected chi connectivity index (χ4v) is 14.2. The number of aliphatic hydroxyl groups excluding tert-OH is 1. The Balaban J connectivity index is 0.00000195. The van der Waals surface area contributed by atoms with Crippen LogP contribution in [-0.2, 0) is 108 Å². The minimum absolute atomic E-state index is 0. The fourth-order valence-electron chi connectivity index (χ4n) is 9.11. The topological polar surface area (TPSA) is 427 Å². The van der Waals surface area contributed by atoms with Crippen LogP contribution in [0.2, 0.25) is 0 Å². The predicted octanol–water partition coefficient (Wildman–Crippen LogP) is 4.89. The van der Waals surface area contributed by atoms with E-state index in [0.717, 1.165) is 31.9 Å². The van der Waals surface area contributed by atoms with Crippen LogP contribution in [0.25, 0.3) is 0 Å². The van der Waals surface area contributed by atoms with Gasteiger partial charge in [-0.1, -0.05) is 81.4 Å². The van der Waals surface area contributed by atoms with Gasteiger partial charge in [0.2, 0.25) is 10.0 Å². The maximum Gasteiger partial charge on any atom is 1.00 e. The van der Waals surface area contributed by atoms with E-state index in [4.69, 9.17) is 66.6 Å². The molecule has 2 unspecified atom stereocenters. The molecular weight excluding hydrogens is 1430 g/mol. The second-order valence-corrected chi connectivity index (χ2v) is 29.1. The molecule has 2 heterocycles. The number of nitrogens with one attached hydrogen (secondary N) is 2. The van der Waals surface area contributed by atoms with Crippen molar-refractivity contribution in [3.05, 3.63) is 120 Å². The number of hydrogen-bond acceptors (Lipinski definition) is 27. The van der Waals surface area contributed by atoms with Gasteiger partial charge in [0, 0.05) is 67.3 Å². The number of benzene rings is 4. The molecule has 0 aromatic heterocycles. The van der Waals surface area contributed by atoms with E-state index in [0.29, 0.717) is 56.1 Å². The van der Waals surface area contributed by atoms with Gasteiger partial charge in [0.1, 0.15) is 23.4 Å². The number of aliphatic carboxylic acids is 3. The van der Waals surface area contributed by atoms with Crippen LogP contribution in [0, 0.1) is 11.8 Å². The number of fused-ring (bicyclic) bond motifs is 1. The average molecular weight is 1530 g/mol. The van der Waals surface area contributed by atoms with Crippen molar-refractivity contribution in [3.8, 4) is 17.2 Å². The number of carbonyl (C=O) groups excluding carboxylic acids is 6. The van der Waals surface area contributed by atoms with Crippen molar-refractivity contribution in [1.82, 2.24) is 14.9 Å². The number of methoxy groups -OCH3 is 1. The molecule has 0 aliphatic carbocycles. The van der Waals surface area contributed by atoms with Crippen LogP contribution in [0.3, 0.4) is 0 Å². The zero-order valence-corrected chi connectivity index (χ0v) is 65.5. The van der Waals surface area contributed by atoms with Crippen LogP contribution in [0.4, 0.5) is 4.79 Å². The summed E-state index contributed by atoms with van der Waals surface area (Å²) in [5.41, 5.74) is 1.64. The number of aliphatic hydroxyl groups is 1. The van der Waals surface area contributed by atoms with Crippen molar-refractivity contribution >= 4 is 81.5 Å². The van der Waals surface area contributed by atoms with E-state index < -0.39 is 110 Å².